The molecule has 1 N–H and O–H groups in total. The number of nitro groups is 1. The predicted molar refractivity (Wildman–Crippen MR) is 142 cm³/mol. The Labute approximate surface area is 214 Å². The van der Waals surface area contributed by atoms with Crippen LogP contribution < -0.4 is 5.32 Å². The van der Waals surface area contributed by atoms with Crippen LogP contribution in [0, 0.1) is 17.0 Å². The fourth-order valence-corrected chi connectivity index (χ4v) is 3.92. The van der Waals surface area contributed by atoms with Gasteiger partial charge in [0.05, 0.1) is 16.3 Å². The zero-order valence-corrected chi connectivity index (χ0v) is 20.8. The summed E-state index contributed by atoms with van der Waals surface area (Å²) in [6.07, 6.45) is 0. The average molecular weight is 498 g/mol. The normalized spacial score (nSPS) is 10.8. The van der Waals surface area contributed by atoms with Gasteiger partial charge in [0, 0.05) is 34.9 Å². The molecule has 3 aromatic carbocycles. The Morgan fingerprint density at radius 2 is 1.65 bits per heavy atom. The molecular formula is C28H27N5O4. The third kappa shape index (κ3) is 5.72. The van der Waals surface area contributed by atoms with Crippen LogP contribution in [0.25, 0.3) is 16.9 Å². The zero-order valence-electron chi connectivity index (χ0n) is 20.8. The first-order chi connectivity index (χ1) is 17.7. The molecule has 1 heterocycles. The molecule has 188 valence electrons. The molecule has 9 heteroatoms. The maximum absolute atomic E-state index is 13.2. The monoisotopic (exact) mass is 497 g/mol. The Morgan fingerprint density at radius 1 is 1.00 bits per heavy atom. The number of benzene rings is 3. The van der Waals surface area contributed by atoms with Gasteiger partial charge in [0.15, 0.2) is 0 Å². The highest BCUT2D eigenvalue weighted by molar-refractivity contribution is 6.00. The molecule has 0 saturated carbocycles. The highest BCUT2D eigenvalue weighted by Gasteiger charge is 2.25. The van der Waals surface area contributed by atoms with Gasteiger partial charge in [-0.25, -0.2) is 4.68 Å². The minimum Gasteiger partial charge on any atom is -0.327 e. The van der Waals surface area contributed by atoms with Crippen molar-refractivity contribution in [1.82, 2.24) is 14.7 Å². The maximum Gasteiger partial charge on any atom is 0.273 e. The van der Waals surface area contributed by atoms with E-state index in [0.29, 0.717) is 17.1 Å². The van der Waals surface area contributed by atoms with Crippen molar-refractivity contribution in [2.45, 2.75) is 26.8 Å². The second-order valence-electron chi connectivity index (χ2n) is 8.86. The quantitative estimate of drug-likeness (QED) is 0.264. The summed E-state index contributed by atoms with van der Waals surface area (Å²) in [6.45, 7) is 4.95. The lowest BCUT2D eigenvalue weighted by Crippen LogP contribution is -2.42. The van der Waals surface area contributed by atoms with Crippen molar-refractivity contribution in [3.63, 3.8) is 0 Å². The van der Waals surface area contributed by atoms with Crippen molar-refractivity contribution in [2.24, 2.45) is 0 Å². The Bertz CT molecular complexity index is 1430. The van der Waals surface area contributed by atoms with Crippen LogP contribution >= 0.6 is 0 Å². The van der Waals surface area contributed by atoms with Gasteiger partial charge in [-0.05, 0) is 39.0 Å². The van der Waals surface area contributed by atoms with Gasteiger partial charge < -0.3 is 10.2 Å². The summed E-state index contributed by atoms with van der Waals surface area (Å²) in [5, 5.41) is 18.9. The number of hydrogen-bond acceptors (Lipinski definition) is 5. The van der Waals surface area contributed by atoms with Crippen molar-refractivity contribution in [3.05, 3.63) is 106 Å². The van der Waals surface area contributed by atoms with Gasteiger partial charge in [-0.2, -0.15) is 5.10 Å². The highest BCUT2D eigenvalue weighted by atomic mass is 16.6. The molecule has 0 aliphatic heterocycles. The summed E-state index contributed by atoms with van der Waals surface area (Å²) in [4.78, 5) is 38.6. The van der Waals surface area contributed by atoms with Gasteiger partial charge >= 0.3 is 0 Å². The first-order valence-corrected chi connectivity index (χ1v) is 11.8. The van der Waals surface area contributed by atoms with Crippen LogP contribution in [0.15, 0.2) is 84.9 Å². The number of amides is 2. The summed E-state index contributed by atoms with van der Waals surface area (Å²) in [5.74, 6) is -0.424. The number of nitro benzene ring substituents is 1. The van der Waals surface area contributed by atoms with Crippen LogP contribution in [0.4, 0.5) is 11.5 Å². The van der Waals surface area contributed by atoms with Gasteiger partial charge in [-0.1, -0.05) is 54.6 Å². The Hall–Kier alpha value is -4.79. The third-order valence-electron chi connectivity index (χ3n) is 5.90. The van der Waals surface area contributed by atoms with Crippen molar-refractivity contribution in [1.29, 1.82) is 0 Å². The summed E-state index contributed by atoms with van der Waals surface area (Å²) in [5.41, 5.74) is 2.82. The second-order valence-corrected chi connectivity index (χ2v) is 8.86. The largest absolute Gasteiger partial charge is 0.327 e. The van der Waals surface area contributed by atoms with Gasteiger partial charge in [0.2, 0.25) is 5.91 Å². The molecule has 4 rings (SSSR count). The zero-order chi connectivity index (χ0) is 26.5. The third-order valence-corrected chi connectivity index (χ3v) is 5.90. The Morgan fingerprint density at radius 3 is 2.27 bits per heavy atom. The molecule has 0 radical (unpaired) electrons. The highest BCUT2D eigenvalue weighted by Crippen LogP contribution is 2.25. The van der Waals surface area contributed by atoms with E-state index in [9.17, 15) is 19.7 Å². The van der Waals surface area contributed by atoms with Gasteiger partial charge in [-0.15, -0.1) is 0 Å². The first kappa shape index (κ1) is 25.3. The maximum atomic E-state index is 13.2. The molecule has 1 aromatic heterocycles. The van der Waals surface area contributed by atoms with Gasteiger partial charge in [-0.3, -0.25) is 19.7 Å². The SMILES string of the molecule is Cc1ccc(C(=O)N(CC(=O)Nc2cc(-c3ccccc3)nn2-c2ccccc2)C(C)C)cc1[N+](=O)[O-]. The number of nitrogens with zero attached hydrogens (tertiary/aromatic N) is 4. The van der Waals surface area contributed by atoms with E-state index in [1.54, 1.807) is 31.5 Å². The second kappa shape index (κ2) is 10.9. The van der Waals surface area contributed by atoms with Crippen LogP contribution in [0.1, 0.15) is 29.8 Å². The van der Waals surface area contributed by atoms with E-state index in [4.69, 9.17) is 5.10 Å². The molecule has 2 amide bonds. The molecule has 0 bridgehead atoms. The molecule has 0 fully saturated rings. The number of anilines is 1. The summed E-state index contributed by atoms with van der Waals surface area (Å²) in [7, 11) is 0. The Kier molecular flexibility index (Phi) is 7.43. The average Bonchev–Trinajstić information content (AvgIpc) is 3.31. The minimum atomic E-state index is -0.520. The molecule has 9 nitrogen and oxygen atoms in total. The summed E-state index contributed by atoms with van der Waals surface area (Å²) in [6, 6.07) is 24.8. The lowest BCUT2D eigenvalue weighted by Gasteiger charge is -2.26. The molecular weight excluding hydrogens is 470 g/mol. The van der Waals surface area contributed by atoms with Crippen LogP contribution in [0.5, 0.6) is 0 Å². The van der Waals surface area contributed by atoms with E-state index in [1.165, 1.54) is 23.1 Å². The number of hydrogen-bond donors (Lipinski definition) is 1. The Balaban J connectivity index is 1.60. The first-order valence-electron chi connectivity index (χ1n) is 11.8. The predicted octanol–water partition coefficient (Wildman–Crippen LogP) is 5.25. The number of carbonyl (C=O) groups excluding carboxylic acids is 2. The van der Waals surface area contributed by atoms with Crippen LogP contribution in [0.3, 0.4) is 0 Å². The fourth-order valence-electron chi connectivity index (χ4n) is 3.92. The molecule has 0 aliphatic rings. The lowest BCUT2D eigenvalue weighted by molar-refractivity contribution is -0.385. The van der Waals surface area contributed by atoms with Crippen molar-refractivity contribution in [2.75, 3.05) is 11.9 Å². The number of aryl methyl sites for hydroxylation is 1. The lowest BCUT2D eigenvalue weighted by atomic mass is 10.1. The van der Waals surface area contributed by atoms with Crippen LogP contribution in [-0.2, 0) is 4.79 Å². The molecule has 4 aromatic rings. The topological polar surface area (TPSA) is 110 Å². The minimum absolute atomic E-state index is 0.140. The van der Waals surface area contributed by atoms with Crippen LogP contribution in [0.2, 0.25) is 0 Å². The molecule has 0 atom stereocenters. The molecule has 0 aliphatic carbocycles. The van der Waals surface area contributed by atoms with Gasteiger partial charge in [0.1, 0.15) is 12.4 Å². The van der Waals surface area contributed by atoms with E-state index in [2.05, 4.69) is 5.32 Å². The summed E-state index contributed by atoms with van der Waals surface area (Å²) >= 11 is 0. The van der Waals surface area contributed by atoms with Crippen LogP contribution in [-0.4, -0.2) is 44.0 Å². The molecule has 0 unspecified atom stereocenters. The van der Waals surface area contributed by atoms with Crippen molar-refractivity contribution >= 4 is 23.3 Å². The van der Waals surface area contributed by atoms with E-state index in [1.807, 2.05) is 60.7 Å². The molecule has 0 saturated heterocycles. The fraction of sp³-hybridized carbons (Fsp3) is 0.179. The number of carbonyl (C=O) groups is 2. The number of para-hydroxylation sites is 1. The smallest absolute Gasteiger partial charge is 0.273 e. The van der Waals surface area contributed by atoms with Gasteiger partial charge in [0.25, 0.3) is 11.6 Å². The number of rotatable bonds is 8. The molecule has 37 heavy (non-hydrogen) atoms. The van der Waals surface area contributed by atoms with Crippen molar-refractivity contribution in [3.8, 4) is 16.9 Å². The summed E-state index contributed by atoms with van der Waals surface area (Å²) < 4.78 is 1.64. The standard InChI is InChI=1S/C28H27N5O4/c1-19(2)31(28(35)22-15-14-20(3)25(16-22)33(36)37)18-27(34)29-26-17-24(21-10-6-4-7-11-21)30-32(26)23-12-8-5-9-13-23/h4-17,19H,18H2,1-3H3,(H,29,34). The number of aromatic nitrogens is 2. The van der Waals surface area contributed by atoms with Crippen molar-refractivity contribution < 1.29 is 14.5 Å². The van der Waals surface area contributed by atoms with E-state index in [-0.39, 0.29) is 23.8 Å². The number of nitrogens with one attached hydrogen (secondary N) is 1. The molecule has 0 spiro atoms. The van der Waals surface area contributed by atoms with E-state index in [0.717, 1.165) is 11.3 Å². The van der Waals surface area contributed by atoms with E-state index < -0.39 is 16.7 Å². The van der Waals surface area contributed by atoms with E-state index >= 15 is 0 Å².